The minimum Gasteiger partial charge on any atom is -0.490 e. The topological polar surface area (TPSA) is 65.4 Å². The van der Waals surface area contributed by atoms with Crippen molar-refractivity contribution in [1.82, 2.24) is 9.78 Å². The Morgan fingerprint density at radius 1 is 1.20 bits per heavy atom. The van der Waals surface area contributed by atoms with E-state index in [-0.39, 0.29) is 41.1 Å². The first-order valence-corrected chi connectivity index (χ1v) is 9.24. The first-order chi connectivity index (χ1) is 14.4. The number of nitrogens with zero attached hydrogens (tertiary/aromatic N) is 2. The maximum Gasteiger partial charge on any atom is 0.387 e. The summed E-state index contributed by atoms with van der Waals surface area (Å²) in [5.74, 6) is -0.812. The van der Waals surface area contributed by atoms with Gasteiger partial charge in [0.15, 0.2) is 17.3 Å². The number of rotatable bonds is 8. The van der Waals surface area contributed by atoms with Gasteiger partial charge in [-0.3, -0.25) is 9.48 Å². The van der Waals surface area contributed by atoms with Crippen LogP contribution in [0, 0.1) is 5.82 Å². The Bertz CT molecular complexity index is 1040. The number of anilines is 1. The van der Waals surface area contributed by atoms with Crippen molar-refractivity contribution in [3.63, 3.8) is 0 Å². The fraction of sp³-hybridized carbons (Fsp3) is 0.200. The highest BCUT2D eigenvalue weighted by Gasteiger charge is 2.15. The van der Waals surface area contributed by atoms with Crippen LogP contribution in [-0.2, 0) is 6.54 Å². The van der Waals surface area contributed by atoms with Crippen LogP contribution in [0.5, 0.6) is 11.5 Å². The summed E-state index contributed by atoms with van der Waals surface area (Å²) in [6.45, 7) is -0.842. The largest absolute Gasteiger partial charge is 0.490 e. The van der Waals surface area contributed by atoms with E-state index >= 15 is 0 Å². The normalized spacial score (nSPS) is 10.9. The van der Waals surface area contributed by atoms with Gasteiger partial charge in [0.2, 0.25) is 0 Å². The quantitative estimate of drug-likeness (QED) is 0.538. The highest BCUT2D eigenvalue weighted by molar-refractivity contribution is 6.31. The molecule has 158 valence electrons. The smallest absolute Gasteiger partial charge is 0.387 e. The van der Waals surface area contributed by atoms with E-state index in [1.807, 2.05) is 0 Å². The zero-order chi connectivity index (χ0) is 21.7. The molecule has 3 rings (SSSR count). The lowest BCUT2D eigenvalue weighted by Gasteiger charge is -2.12. The number of halogens is 4. The number of aromatic nitrogens is 2. The van der Waals surface area contributed by atoms with Gasteiger partial charge in [-0.05, 0) is 42.8 Å². The molecule has 3 aromatic rings. The lowest BCUT2D eigenvalue weighted by atomic mass is 10.2. The molecule has 0 radical (unpaired) electrons. The Balaban J connectivity index is 1.71. The standard InChI is InChI=1S/C20H17ClF3N3O3/c1-2-29-17-9-12(4-6-16(17)30-20(23)24)19(28)25-18-7-8-27(26-18)11-13-3-5-14(22)10-15(13)21/h3-10,20H,2,11H2,1H3,(H,25,26,28). The molecule has 0 fully saturated rings. The monoisotopic (exact) mass is 439 g/mol. The molecular formula is C20H17ClF3N3O3. The number of carbonyl (C=O) groups is 1. The van der Waals surface area contributed by atoms with Gasteiger partial charge in [0.25, 0.3) is 5.91 Å². The van der Waals surface area contributed by atoms with E-state index in [1.165, 1.54) is 35.0 Å². The van der Waals surface area contributed by atoms with E-state index in [2.05, 4.69) is 15.2 Å². The molecule has 0 saturated heterocycles. The molecule has 0 bridgehead atoms. The molecule has 1 heterocycles. The zero-order valence-corrected chi connectivity index (χ0v) is 16.5. The third-order valence-electron chi connectivity index (χ3n) is 3.95. The van der Waals surface area contributed by atoms with Crippen molar-refractivity contribution in [2.24, 2.45) is 0 Å². The van der Waals surface area contributed by atoms with Gasteiger partial charge in [0.05, 0.1) is 13.2 Å². The average Bonchev–Trinajstić information content (AvgIpc) is 3.12. The number of hydrogen-bond donors (Lipinski definition) is 1. The summed E-state index contributed by atoms with van der Waals surface area (Å²) in [5.41, 5.74) is 0.839. The van der Waals surface area contributed by atoms with Gasteiger partial charge in [-0.1, -0.05) is 17.7 Å². The number of ether oxygens (including phenoxy) is 2. The molecular weight excluding hydrogens is 423 g/mol. The van der Waals surface area contributed by atoms with Gasteiger partial charge in [-0.2, -0.15) is 13.9 Å². The van der Waals surface area contributed by atoms with Crippen molar-refractivity contribution >= 4 is 23.3 Å². The van der Waals surface area contributed by atoms with Crippen molar-refractivity contribution in [3.05, 3.63) is 70.6 Å². The van der Waals surface area contributed by atoms with Crippen LogP contribution in [0.1, 0.15) is 22.8 Å². The first-order valence-electron chi connectivity index (χ1n) is 8.86. The van der Waals surface area contributed by atoms with Crippen LogP contribution in [-0.4, -0.2) is 28.9 Å². The van der Waals surface area contributed by atoms with Crippen LogP contribution in [0.15, 0.2) is 48.7 Å². The van der Waals surface area contributed by atoms with Crippen molar-refractivity contribution in [2.45, 2.75) is 20.1 Å². The number of carbonyl (C=O) groups excluding carboxylic acids is 1. The molecule has 0 saturated carbocycles. The summed E-state index contributed by atoms with van der Waals surface area (Å²) in [4.78, 5) is 12.5. The van der Waals surface area contributed by atoms with Crippen molar-refractivity contribution < 1.29 is 27.4 Å². The molecule has 6 nitrogen and oxygen atoms in total. The Morgan fingerprint density at radius 3 is 2.70 bits per heavy atom. The molecule has 0 aliphatic heterocycles. The number of nitrogens with one attached hydrogen (secondary N) is 1. The van der Waals surface area contributed by atoms with Gasteiger partial charge >= 0.3 is 6.61 Å². The molecule has 0 aliphatic rings. The van der Waals surface area contributed by atoms with Gasteiger partial charge in [-0.25, -0.2) is 4.39 Å². The maximum atomic E-state index is 13.2. The number of amides is 1. The second-order valence-electron chi connectivity index (χ2n) is 6.06. The fourth-order valence-corrected chi connectivity index (χ4v) is 2.87. The summed E-state index contributed by atoms with van der Waals surface area (Å²) in [6.07, 6.45) is 1.63. The van der Waals surface area contributed by atoms with Gasteiger partial charge in [0, 0.05) is 22.8 Å². The molecule has 0 atom stereocenters. The number of hydrogen-bond acceptors (Lipinski definition) is 4. The highest BCUT2D eigenvalue weighted by atomic mass is 35.5. The molecule has 1 N–H and O–H groups in total. The van der Waals surface area contributed by atoms with E-state index in [0.717, 1.165) is 0 Å². The lowest BCUT2D eigenvalue weighted by Crippen LogP contribution is -2.14. The first kappa shape index (κ1) is 21.5. The summed E-state index contributed by atoms with van der Waals surface area (Å²) < 4.78 is 49.3. The Morgan fingerprint density at radius 2 is 2.00 bits per heavy atom. The minimum absolute atomic E-state index is 0.0296. The average molecular weight is 440 g/mol. The van der Waals surface area contributed by atoms with Crippen molar-refractivity contribution in [3.8, 4) is 11.5 Å². The van der Waals surface area contributed by atoms with Crippen molar-refractivity contribution in [1.29, 1.82) is 0 Å². The van der Waals surface area contributed by atoms with Gasteiger partial charge in [0.1, 0.15) is 5.82 Å². The van der Waals surface area contributed by atoms with E-state index in [1.54, 1.807) is 25.3 Å². The molecule has 2 aromatic carbocycles. The third kappa shape index (κ3) is 5.44. The predicted molar refractivity (Wildman–Crippen MR) is 105 cm³/mol. The van der Waals surface area contributed by atoms with E-state index in [9.17, 15) is 18.0 Å². The second-order valence-corrected chi connectivity index (χ2v) is 6.47. The molecule has 10 heteroatoms. The Kier molecular flexibility index (Phi) is 6.83. The number of alkyl halides is 2. The predicted octanol–water partition coefficient (Wildman–Crippen LogP) is 4.98. The lowest BCUT2D eigenvalue weighted by molar-refractivity contribution is -0.0514. The molecule has 1 aromatic heterocycles. The van der Waals surface area contributed by atoms with Crippen LogP contribution >= 0.6 is 11.6 Å². The van der Waals surface area contributed by atoms with E-state index < -0.39 is 18.3 Å². The van der Waals surface area contributed by atoms with Gasteiger partial charge < -0.3 is 14.8 Å². The van der Waals surface area contributed by atoms with Crippen LogP contribution in [0.4, 0.5) is 19.0 Å². The summed E-state index contributed by atoms with van der Waals surface area (Å²) >= 11 is 6.02. The molecule has 0 unspecified atom stereocenters. The third-order valence-corrected chi connectivity index (χ3v) is 4.30. The zero-order valence-electron chi connectivity index (χ0n) is 15.7. The second kappa shape index (κ2) is 9.53. The van der Waals surface area contributed by atoms with Crippen LogP contribution < -0.4 is 14.8 Å². The fourth-order valence-electron chi connectivity index (χ4n) is 2.64. The summed E-state index contributed by atoms with van der Waals surface area (Å²) in [6, 6.07) is 9.52. The molecule has 0 spiro atoms. The SMILES string of the molecule is CCOc1cc(C(=O)Nc2ccn(Cc3ccc(F)cc3Cl)n2)ccc1OC(F)F. The highest BCUT2D eigenvalue weighted by Crippen LogP contribution is 2.30. The van der Waals surface area contributed by atoms with Crippen molar-refractivity contribution in [2.75, 3.05) is 11.9 Å². The Hall–Kier alpha value is -3.20. The van der Waals surface area contributed by atoms with Crippen LogP contribution in [0.25, 0.3) is 0 Å². The summed E-state index contributed by atoms with van der Waals surface area (Å²) in [7, 11) is 0. The molecule has 1 amide bonds. The van der Waals surface area contributed by atoms with Gasteiger partial charge in [-0.15, -0.1) is 0 Å². The van der Waals surface area contributed by atoms with Crippen LogP contribution in [0.2, 0.25) is 5.02 Å². The van der Waals surface area contributed by atoms with E-state index in [0.29, 0.717) is 5.56 Å². The summed E-state index contributed by atoms with van der Waals surface area (Å²) in [5, 5.41) is 7.11. The molecule has 0 aliphatic carbocycles. The Labute approximate surface area is 175 Å². The minimum atomic E-state index is -3.01. The molecule has 30 heavy (non-hydrogen) atoms. The maximum absolute atomic E-state index is 13.2. The van der Waals surface area contributed by atoms with E-state index in [4.69, 9.17) is 16.3 Å². The van der Waals surface area contributed by atoms with Crippen LogP contribution in [0.3, 0.4) is 0 Å². The number of benzene rings is 2.